The third kappa shape index (κ3) is 15.5. The Kier molecular flexibility index (Phi) is 19.3. The van der Waals surface area contributed by atoms with Gasteiger partial charge in [-0.3, -0.25) is 0 Å². The summed E-state index contributed by atoms with van der Waals surface area (Å²) in [7, 11) is 0. The van der Waals surface area contributed by atoms with E-state index in [1.165, 1.54) is 14.6 Å². The number of thiophene rings is 3. The van der Waals surface area contributed by atoms with Gasteiger partial charge in [-0.25, -0.2) is 0 Å². The van der Waals surface area contributed by atoms with Crippen molar-refractivity contribution in [3.05, 3.63) is 67.2 Å². The van der Waals surface area contributed by atoms with Gasteiger partial charge in [0.1, 0.15) is 0 Å². The third-order valence-electron chi connectivity index (χ3n) is 1.99. The average Bonchev–Trinajstić information content (AvgIpc) is 3.30. The van der Waals surface area contributed by atoms with Crippen LogP contribution in [0.15, 0.2) is 52.5 Å². The molecule has 0 unspecified atom stereocenters. The minimum absolute atomic E-state index is 1.38. The summed E-state index contributed by atoms with van der Waals surface area (Å²) in [6, 6.07) is 12.5. The van der Waals surface area contributed by atoms with Gasteiger partial charge >= 0.3 is 0 Å². The van der Waals surface area contributed by atoms with Crippen molar-refractivity contribution in [2.24, 2.45) is 0 Å². The number of aryl methyl sites for hydroxylation is 3. The predicted octanol–water partition coefficient (Wildman–Crippen LogP) is 8.22. The maximum atomic E-state index is 2.10. The van der Waals surface area contributed by atoms with E-state index < -0.39 is 0 Å². The van der Waals surface area contributed by atoms with Gasteiger partial charge in [0.25, 0.3) is 0 Å². The summed E-state index contributed by atoms with van der Waals surface area (Å²) in [6.07, 6.45) is 0. The van der Waals surface area contributed by atoms with Gasteiger partial charge in [-0.2, -0.15) is 0 Å². The Hall–Kier alpha value is -0.900. The normalized spacial score (nSPS) is 7.77. The summed E-state index contributed by atoms with van der Waals surface area (Å²) >= 11 is 5.33. The maximum absolute atomic E-state index is 2.10. The first-order valence-corrected chi connectivity index (χ1v) is 10.3. The molecule has 3 aromatic rings. The zero-order valence-corrected chi connectivity index (χ0v) is 17.4. The monoisotopic (exact) mass is 354 g/mol. The Bertz CT molecular complexity index is 400. The highest BCUT2D eigenvalue weighted by Gasteiger charge is 1.75. The molecule has 0 aliphatic heterocycles. The molecule has 0 atom stereocenters. The molecule has 22 heavy (non-hydrogen) atoms. The molecule has 0 saturated carbocycles. The standard InChI is InChI=1S/3C5H6S.2C2H6/c3*1-5-3-2-4-6-5;2*1-2/h3*2-4H,1H3;2*1-2H3. The van der Waals surface area contributed by atoms with Crippen molar-refractivity contribution in [3.8, 4) is 0 Å². The van der Waals surface area contributed by atoms with E-state index in [4.69, 9.17) is 0 Å². The van der Waals surface area contributed by atoms with Crippen LogP contribution in [0.5, 0.6) is 0 Å². The van der Waals surface area contributed by atoms with Crippen molar-refractivity contribution >= 4 is 34.0 Å². The van der Waals surface area contributed by atoms with E-state index in [0.717, 1.165) is 0 Å². The third-order valence-corrected chi connectivity index (χ3v) is 4.39. The van der Waals surface area contributed by atoms with Crippen LogP contribution < -0.4 is 0 Å². The fourth-order valence-electron chi connectivity index (χ4n) is 1.08. The summed E-state index contributed by atoms with van der Waals surface area (Å²) in [4.78, 5) is 4.15. The zero-order valence-electron chi connectivity index (χ0n) is 14.9. The molecule has 0 aliphatic rings. The molecule has 3 aromatic heterocycles. The van der Waals surface area contributed by atoms with Gasteiger partial charge in [0.05, 0.1) is 0 Å². The largest absolute Gasteiger partial charge is 0.149 e. The Balaban J connectivity index is 0. The van der Waals surface area contributed by atoms with Crippen molar-refractivity contribution in [2.75, 3.05) is 0 Å². The molecule has 0 radical (unpaired) electrons. The van der Waals surface area contributed by atoms with Gasteiger partial charge in [0.15, 0.2) is 0 Å². The van der Waals surface area contributed by atoms with Crippen LogP contribution >= 0.6 is 34.0 Å². The van der Waals surface area contributed by atoms with Gasteiger partial charge in [0.2, 0.25) is 0 Å². The molecule has 0 saturated heterocycles. The number of hydrogen-bond donors (Lipinski definition) is 0. The molecular formula is C19H30S3. The number of hydrogen-bond acceptors (Lipinski definition) is 3. The zero-order chi connectivity index (χ0) is 17.2. The SMILES string of the molecule is CC.CC.Cc1cccs1.Cc1cccs1.Cc1cccs1. The summed E-state index contributed by atoms with van der Waals surface area (Å²) < 4.78 is 0. The Morgan fingerprint density at radius 1 is 0.500 bits per heavy atom. The quantitative estimate of drug-likeness (QED) is 0.381. The molecule has 3 heterocycles. The lowest BCUT2D eigenvalue weighted by atomic mass is 10.5. The predicted molar refractivity (Wildman–Crippen MR) is 110 cm³/mol. The van der Waals surface area contributed by atoms with Crippen molar-refractivity contribution < 1.29 is 0 Å². The first-order chi connectivity index (χ1) is 10.7. The molecule has 0 bridgehead atoms. The second kappa shape index (κ2) is 18.1. The minimum Gasteiger partial charge on any atom is -0.149 e. The summed E-state index contributed by atoms with van der Waals surface area (Å²) in [5.41, 5.74) is 0. The highest BCUT2D eigenvalue weighted by atomic mass is 32.1. The van der Waals surface area contributed by atoms with Crippen LogP contribution in [0.2, 0.25) is 0 Å². The topological polar surface area (TPSA) is 0 Å². The second-order valence-electron chi connectivity index (χ2n) is 3.67. The van der Waals surface area contributed by atoms with Crippen LogP contribution in [-0.2, 0) is 0 Å². The number of rotatable bonds is 0. The van der Waals surface area contributed by atoms with Crippen molar-refractivity contribution in [3.63, 3.8) is 0 Å². The van der Waals surface area contributed by atoms with Crippen molar-refractivity contribution in [1.29, 1.82) is 0 Å². The molecule has 3 rings (SSSR count). The Labute approximate surface area is 149 Å². The fourth-order valence-corrected chi connectivity index (χ4v) is 2.67. The van der Waals surface area contributed by atoms with Gasteiger partial charge in [0, 0.05) is 14.6 Å². The highest BCUT2D eigenvalue weighted by Crippen LogP contribution is 2.04. The second-order valence-corrected chi connectivity index (χ2v) is 7.13. The molecule has 0 N–H and O–H groups in total. The van der Waals surface area contributed by atoms with Crippen LogP contribution in [0.1, 0.15) is 42.3 Å². The van der Waals surface area contributed by atoms with Gasteiger partial charge in [-0.1, -0.05) is 45.9 Å². The highest BCUT2D eigenvalue weighted by molar-refractivity contribution is 7.10. The van der Waals surface area contributed by atoms with Gasteiger partial charge in [-0.15, -0.1) is 34.0 Å². The van der Waals surface area contributed by atoms with E-state index in [2.05, 4.69) is 73.3 Å². The van der Waals surface area contributed by atoms with Gasteiger partial charge < -0.3 is 0 Å². The van der Waals surface area contributed by atoms with Crippen molar-refractivity contribution in [2.45, 2.75) is 48.5 Å². The molecular weight excluding hydrogens is 324 g/mol. The summed E-state index contributed by atoms with van der Waals surface area (Å²) in [5.74, 6) is 0. The molecule has 0 nitrogen and oxygen atoms in total. The first-order valence-electron chi connectivity index (χ1n) is 7.69. The molecule has 124 valence electrons. The molecule has 0 aromatic carbocycles. The molecule has 0 amide bonds. The lowest BCUT2D eigenvalue weighted by molar-refractivity contribution is 1.50. The smallest absolute Gasteiger partial charge is 0.00141 e. The van der Waals surface area contributed by atoms with Crippen molar-refractivity contribution in [1.82, 2.24) is 0 Å². The Morgan fingerprint density at radius 2 is 0.727 bits per heavy atom. The van der Waals surface area contributed by atoms with Crippen LogP contribution in [0.25, 0.3) is 0 Å². The van der Waals surface area contributed by atoms with Crippen LogP contribution in [0.4, 0.5) is 0 Å². The maximum Gasteiger partial charge on any atom is 0.00141 e. The van der Waals surface area contributed by atoms with E-state index >= 15 is 0 Å². The molecule has 0 aliphatic carbocycles. The van der Waals surface area contributed by atoms with E-state index in [9.17, 15) is 0 Å². The first kappa shape index (κ1) is 23.4. The average molecular weight is 355 g/mol. The van der Waals surface area contributed by atoms with E-state index in [0.29, 0.717) is 0 Å². The minimum atomic E-state index is 1.38. The lowest BCUT2D eigenvalue weighted by Crippen LogP contribution is -1.43. The molecule has 0 spiro atoms. The lowest BCUT2D eigenvalue weighted by Gasteiger charge is -1.65. The van der Waals surface area contributed by atoms with E-state index in [1.54, 1.807) is 34.0 Å². The van der Waals surface area contributed by atoms with Crippen LogP contribution in [-0.4, -0.2) is 0 Å². The summed E-state index contributed by atoms with van der Waals surface area (Å²) in [5, 5.41) is 6.24. The Morgan fingerprint density at radius 3 is 0.773 bits per heavy atom. The summed E-state index contributed by atoms with van der Waals surface area (Å²) in [6.45, 7) is 14.3. The van der Waals surface area contributed by atoms with E-state index in [1.807, 2.05) is 27.7 Å². The molecule has 0 fully saturated rings. The van der Waals surface area contributed by atoms with Crippen LogP contribution in [0.3, 0.4) is 0 Å². The van der Waals surface area contributed by atoms with Gasteiger partial charge in [-0.05, 0) is 55.1 Å². The molecule has 3 heteroatoms. The van der Waals surface area contributed by atoms with E-state index in [-0.39, 0.29) is 0 Å². The fraction of sp³-hybridized carbons (Fsp3) is 0.368. The van der Waals surface area contributed by atoms with Crippen LogP contribution in [0, 0.1) is 20.8 Å².